The van der Waals surface area contributed by atoms with Crippen molar-refractivity contribution in [2.45, 2.75) is 66.0 Å². The summed E-state index contributed by atoms with van der Waals surface area (Å²) < 4.78 is 27.4. The van der Waals surface area contributed by atoms with Crippen LogP contribution in [-0.4, -0.2) is 50.5 Å². The topological polar surface area (TPSA) is 86.8 Å². The molecule has 0 aliphatic heterocycles. The van der Waals surface area contributed by atoms with Crippen LogP contribution in [0.2, 0.25) is 0 Å². The lowest BCUT2D eigenvalue weighted by Crippen LogP contribution is -2.48. The maximum Gasteiger partial charge on any atom is 0.242 e. The number of nitrogens with zero attached hydrogens (tertiary/aromatic N) is 2. The van der Waals surface area contributed by atoms with Gasteiger partial charge in [-0.1, -0.05) is 53.5 Å². The van der Waals surface area contributed by atoms with E-state index in [1.165, 1.54) is 10.6 Å². The number of hydrogen-bond donors (Lipinski definition) is 1. The first-order chi connectivity index (χ1) is 16.9. The molecule has 1 N–H and O–H groups in total. The highest BCUT2D eigenvalue weighted by atomic mass is 79.9. The summed E-state index contributed by atoms with van der Waals surface area (Å²) in [6.45, 7) is 8.60. The van der Waals surface area contributed by atoms with Crippen LogP contribution in [0.25, 0.3) is 0 Å². The second kappa shape index (κ2) is 13.8. The number of sulfonamides is 1. The molecule has 0 aromatic heterocycles. The molecule has 36 heavy (non-hydrogen) atoms. The van der Waals surface area contributed by atoms with E-state index >= 15 is 0 Å². The van der Waals surface area contributed by atoms with E-state index < -0.39 is 16.1 Å². The van der Waals surface area contributed by atoms with Gasteiger partial charge in [0.15, 0.2) is 0 Å². The van der Waals surface area contributed by atoms with Crippen molar-refractivity contribution in [3.05, 3.63) is 63.6 Å². The molecule has 9 heteroatoms. The lowest BCUT2D eigenvalue weighted by molar-refractivity contribution is -0.140. The number of carbonyl (C=O) groups is 2. The lowest BCUT2D eigenvalue weighted by atomic mass is 10.1. The summed E-state index contributed by atoms with van der Waals surface area (Å²) in [6, 6.07) is 12.7. The first-order valence-electron chi connectivity index (χ1n) is 12.3. The number of halogens is 1. The summed E-state index contributed by atoms with van der Waals surface area (Å²) in [6.07, 6.45) is 3.47. The minimum absolute atomic E-state index is 0.122. The SMILES string of the molecule is CCCCNC(=O)C(C)N(Cc1cccc(Br)c1)C(=O)CCCN(c1cc(C)ccc1C)S(C)(=O)=O. The Labute approximate surface area is 224 Å². The highest BCUT2D eigenvalue weighted by Crippen LogP contribution is 2.25. The fourth-order valence-electron chi connectivity index (χ4n) is 3.92. The summed E-state index contributed by atoms with van der Waals surface area (Å²) in [5, 5.41) is 2.91. The molecule has 7 nitrogen and oxygen atoms in total. The summed E-state index contributed by atoms with van der Waals surface area (Å²) in [5.74, 6) is -0.387. The predicted molar refractivity (Wildman–Crippen MR) is 149 cm³/mol. The molecule has 2 rings (SSSR count). The average Bonchev–Trinajstić information content (AvgIpc) is 2.81. The number of amides is 2. The fraction of sp³-hybridized carbons (Fsp3) is 0.481. The van der Waals surface area contributed by atoms with E-state index in [0.29, 0.717) is 18.7 Å². The van der Waals surface area contributed by atoms with E-state index in [4.69, 9.17) is 0 Å². The second-order valence-electron chi connectivity index (χ2n) is 9.20. The molecule has 0 aliphatic carbocycles. The summed E-state index contributed by atoms with van der Waals surface area (Å²) in [7, 11) is -3.53. The van der Waals surface area contributed by atoms with Gasteiger partial charge in [0.2, 0.25) is 21.8 Å². The van der Waals surface area contributed by atoms with Crippen molar-refractivity contribution in [2.75, 3.05) is 23.7 Å². The van der Waals surface area contributed by atoms with Crippen molar-refractivity contribution in [3.63, 3.8) is 0 Å². The maximum atomic E-state index is 13.4. The maximum absolute atomic E-state index is 13.4. The molecule has 0 saturated carbocycles. The summed E-state index contributed by atoms with van der Waals surface area (Å²) in [4.78, 5) is 27.7. The standard InChI is InChI=1S/C27H38BrN3O4S/c1-6-7-15-29-27(33)22(4)30(19-23-10-8-11-24(28)18-23)26(32)12-9-16-31(36(5,34)35)25-17-20(2)13-14-21(25)3/h8,10-11,13-14,17-18,22H,6-7,9,12,15-16,19H2,1-5H3,(H,29,33). The second-order valence-corrected chi connectivity index (χ2v) is 12.0. The molecule has 2 aromatic carbocycles. The van der Waals surface area contributed by atoms with E-state index in [-0.39, 0.29) is 31.3 Å². The van der Waals surface area contributed by atoms with Crippen LogP contribution in [0.15, 0.2) is 46.9 Å². The lowest BCUT2D eigenvalue weighted by Gasteiger charge is -2.29. The summed E-state index contributed by atoms with van der Waals surface area (Å²) in [5.41, 5.74) is 3.34. The number of aryl methyl sites for hydroxylation is 2. The number of anilines is 1. The predicted octanol–water partition coefficient (Wildman–Crippen LogP) is 4.95. The molecule has 2 amide bonds. The van der Waals surface area contributed by atoms with Crippen LogP contribution in [-0.2, 0) is 26.2 Å². The van der Waals surface area contributed by atoms with Crippen LogP contribution in [0.1, 0.15) is 56.2 Å². The van der Waals surface area contributed by atoms with Crippen molar-refractivity contribution in [1.29, 1.82) is 0 Å². The monoisotopic (exact) mass is 579 g/mol. The molecule has 0 aliphatic rings. The van der Waals surface area contributed by atoms with E-state index in [1.807, 2.05) is 56.3 Å². The average molecular weight is 581 g/mol. The van der Waals surface area contributed by atoms with E-state index in [0.717, 1.165) is 34.0 Å². The number of rotatable bonds is 13. The van der Waals surface area contributed by atoms with Crippen LogP contribution in [0.3, 0.4) is 0 Å². The van der Waals surface area contributed by atoms with E-state index in [1.54, 1.807) is 11.8 Å². The van der Waals surface area contributed by atoms with Crippen molar-refractivity contribution in [1.82, 2.24) is 10.2 Å². The third kappa shape index (κ3) is 8.92. The van der Waals surface area contributed by atoms with Crippen LogP contribution < -0.4 is 9.62 Å². The number of nitrogens with one attached hydrogen (secondary N) is 1. The van der Waals surface area contributed by atoms with E-state index in [9.17, 15) is 18.0 Å². The van der Waals surface area contributed by atoms with Gasteiger partial charge < -0.3 is 10.2 Å². The molecule has 0 saturated heterocycles. The molecule has 1 atom stereocenters. The Kier molecular flexibility index (Phi) is 11.4. The van der Waals surface area contributed by atoms with Crippen LogP contribution in [0, 0.1) is 13.8 Å². The van der Waals surface area contributed by atoms with Gasteiger partial charge in [-0.2, -0.15) is 0 Å². The Morgan fingerprint density at radius 2 is 1.81 bits per heavy atom. The van der Waals surface area contributed by atoms with Gasteiger partial charge in [0.1, 0.15) is 6.04 Å². The molecule has 0 radical (unpaired) electrons. The molecule has 198 valence electrons. The van der Waals surface area contributed by atoms with Gasteiger partial charge in [-0.25, -0.2) is 8.42 Å². The quantitative estimate of drug-likeness (QED) is 0.340. The van der Waals surface area contributed by atoms with Gasteiger partial charge >= 0.3 is 0 Å². The van der Waals surface area contributed by atoms with Crippen molar-refractivity contribution in [3.8, 4) is 0 Å². The van der Waals surface area contributed by atoms with Gasteiger partial charge in [-0.05, 0) is 68.5 Å². The Bertz CT molecular complexity index is 1150. The third-order valence-electron chi connectivity index (χ3n) is 6.02. The normalized spacial score (nSPS) is 12.2. The Hall–Kier alpha value is -2.39. The zero-order chi connectivity index (χ0) is 26.9. The summed E-state index contributed by atoms with van der Waals surface area (Å²) >= 11 is 3.46. The first-order valence-corrected chi connectivity index (χ1v) is 14.9. The van der Waals surface area contributed by atoms with Gasteiger partial charge in [-0.3, -0.25) is 13.9 Å². The number of carbonyl (C=O) groups excluding carboxylic acids is 2. The number of hydrogen-bond acceptors (Lipinski definition) is 4. The smallest absolute Gasteiger partial charge is 0.242 e. The Balaban J connectivity index is 2.18. The number of benzene rings is 2. The highest BCUT2D eigenvalue weighted by molar-refractivity contribution is 9.10. The largest absolute Gasteiger partial charge is 0.354 e. The molecular formula is C27H38BrN3O4S. The van der Waals surface area contributed by atoms with Crippen molar-refractivity contribution in [2.24, 2.45) is 0 Å². The van der Waals surface area contributed by atoms with E-state index in [2.05, 4.69) is 28.2 Å². The van der Waals surface area contributed by atoms with Gasteiger partial charge in [0.05, 0.1) is 11.9 Å². The Morgan fingerprint density at radius 1 is 1.08 bits per heavy atom. The fourth-order valence-corrected chi connectivity index (χ4v) is 5.38. The minimum Gasteiger partial charge on any atom is -0.354 e. The molecular weight excluding hydrogens is 542 g/mol. The van der Waals surface area contributed by atoms with Gasteiger partial charge in [-0.15, -0.1) is 0 Å². The molecule has 0 spiro atoms. The van der Waals surface area contributed by atoms with Crippen LogP contribution in [0.5, 0.6) is 0 Å². The zero-order valence-electron chi connectivity index (χ0n) is 21.9. The van der Waals surface area contributed by atoms with Crippen molar-refractivity contribution < 1.29 is 18.0 Å². The molecule has 1 unspecified atom stereocenters. The molecule has 0 fully saturated rings. The highest BCUT2D eigenvalue weighted by Gasteiger charge is 2.27. The van der Waals surface area contributed by atoms with Crippen LogP contribution in [0.4, 0.5) is 5.69 Å². The Morgan fingerprint density at radius 3 is 2.44 bits per heavy atom. The van der Waals surface area contributed by atoms with Gasteiger partial charge in [0, 0.05) is 30.5 Å². The minimum atomic E-state index is -3.53. The third-order valence-corrected chi connectivity index (χ3v) is 7.70. The van der Waals surface area contributed by atoms with Crippen LogP contribution >= 0.6 is 15.9 Å². The molecule has 0 heterocycles. The first kappa shape index (κ1) is 29.8. The molecule has 2 aromatic rings. The van der Waals surface area contributed by atoms with Crippen molar-refractivity contribution >= 4 is 43.5 Å². The van der Waals surface area contributed by atoms with Gasteiger partial charge in [0.25, 0.3) is 0 Å². The number of unbranched alkanes of at least 4 members (excludes halogenated alkanes) is 1. The zero-order valence-corrected chi connectivity index (χ0v) is 24.3. The molecule has 0 bridgehead atoms.